The number of ether oxygens (including phenoxy) is 2. The van der Waals surface area contributed by atoms with Crippen molar-refractivity contribution in [3.63, 3.8) is 0 Å². The molecule has 1 N–H and O–H groups in total. The van der Waals surface area contributed by atoms with Gasteiger partial charge in [-0.3, -0.25) is 0 Å². The number of nitrogens with one attached hydrogen (secondary N) is 1. The third kappa shape index (κ3) is 6.31. The lowest BCUT2D eigenvalue weighted by molar-refractivity contribution is 0.352. The van der Waals surface area contributed by atoms with Crippen molar-refractivity contribution >= 4 is 45.9 Å². The molecule has 0 aliphatic carbocycles. The van der Waals surface area contributed by atoms with Crippen LogP contribution < -0.4 is 14.8 Å². The quantitative estimate of drug-likeness (QED) is 0.321. The van der Waals surface area contributed by atoms with Crippen LogP contribution >= 0.6 is 39.9 Å². The third-order valence-corrected chi connectivity index (χ3v) is 4.64. The number of aryl methyl sites for hydroxylation is 1. The Morgan fingerprint density at radius 3 is 2.59 bits per heavy atom. The highest BCUT2D eigenvalue weighted by molar-refractivity contribution is 14.0. The number of hydrogen-bond donors (Lipinski definition) is 1. The predicted octanol–water partition coefficient (Wildman–Crippen LogP) is 4.02. The van der Waals surface area contributed by atoms with Gasteiger partial charge in [0.2, 0.25) is 0 Å². The van der Waals surface area contributed by atoms with Crippen molar-refractivity contribution in [1.82, 2.24) is 14.8 Å². The molecule has 27 heavy (non-hydrogen) atoms. The highest BCUT2D eigenvalue weighted by Crippen LogP contribution is 2.36. The number of rotatable bonds is 7. The molecule has 0 saturated carbocycles. The van der Waals surface area contributed by atoms with Crippen LogP contribution in [0.15, 0.2) is 39.9 Å². The molecule has 150 valence electrons. The molecule has 2 aromatic rings. The lowest BCUT2D eigenvalue weighted by Gasteiger charge is -2.22. The second-order valence-electron chi connectivity index (χ2n) is 5.95. The molecule has 0 unspecified atom stereocenters. The summed E-state index contributed by atoms with van der Waals surface area (Å²) in [5.74, 6) is 2.24. The van der Waals surface area contributed by atoms with Gasteiger partial charge in [0.15, 0.2) is 17.5 Å². The van der Waals surface area contributed by atoms with E-state index in [0.29, 0.717) is 18.0 Å². The van der Waals surface area contributed by atoms with Crippen LogP contribution in [0.1, 0.15) is 18.2 Å². The second kappa shape index (κ2) is 11.4. The Bertz CT molecular complexity index is 764. The summed E-state index contributed by atoms with van der Waals surface area (Å²) < 4.78 is 13.7. The molecule has 0 radical (unpaired) electrons. The number of aromatic nitrogens is 1. The number of methoxy groups -OCH3 is 2. The molecule has 8 heteroatoms. The van der Waals surface area contributed by atoms with Crippen molar-refractivity contribution in [3.05, 3.63) is 46.2 Å². The molecule has 1 aromatic heterocycles. The summed E-state index contributed by atoms with van der Waals surface area (Å²) in [6.07, 6.45) is 2.05. The minimum Gasteiger partial charge on any atom is -0.493 e. The van der Waals surface area contributed by atoms with Gasteiger partial charge in [0.05, 0.1) is 31.8 Å². The SMILES string of the molecule is CCNC(=NCc1cc(Br)c(OC)c(OC)c1)N(C)Cc1cccn1C.I. The van der Waals surface area contributed by atoms with E-state index in [1.54, 1.807) is 14.2 Å². The van der Waals surface area contributed by atoms with E-state index in [4.69, 9.17) is 14.5 Å². The molecule has 0 saturated heterocycles. The summed E-state index contributed by atoms with van der Waals surface area (Å²) in [5.41, 5.74) is 2.27. The van der Waals surface area contributed by atoms with Gasteiger partial charge in [0.25, 0.3) is 0 Å². The molecule has 0 bridgehead atoms. The van der Waals surface area contributed by atoms with Gasteiger partial charge in [-0.25, -0.2) is 4.99 Å². The molecule has 1 aromatic carbocycles. The first-order chi connectivity index (χ1) is 12.5. The fourth-order valence-electron chi connectivity index (χ4n) is 2.68. The lowest BCUT2D eigenvalue weighted by Crippen LogP contribution is -2.38. The largest absolute Gasteiger partial charge is 0.493 e. The predicted molar refractivity (Wildman–Crippen MR) is 124 cm³/mol. The van der Waals surface area contributed by atoms with Crippen molar-refractivity contribution in [1.29, 1.82) is 0 Å². The van der Waals surface area contributed by atoms with E-state index >= 15 is 0 Å². The summed E-state index contributed by atoms with van der Waals surface area (Å²) in [5, 5.41) is 3.35. The molecule has 0 atom stereocenters. The fraction of sp³-hybridized carbons (Fsp3) is 0.421. The van der Waals surface area contributed by atoms with Crippen LogP contribution in [-0.2, 0) is 20.1 Å². The van der Waals surface area contributed by atoms with E-state index in [2.05, 4.69) is 43.7 Å². The molecule has 2 rings (SSSR count). The number of benzene rings is 1. The number of hydrogen-bond acceptors (Lipinski definition) is 3. The van der Waals surface area contributed by atoms with E-state index in [1.165, 1.54) is 5.69 Å². The Hall–Kier alpha value is -1.42. The molecule has 6 nitrogen and oxygen atoms in total. The third-order valence-electron chi connectivity index (χ3n) is 4.05. The van der Waals surface area contributed by atoms with E-state index in [0.717, 1.165) is 29.1 Å². The molecule has 0 fully saturated rings. The Kier molecular flexibility index (Phi) is 10.00. The fourth-order valence-corrected chi connectivity index (χ4v) is 3.33. The Balaban J connectivity index is 0.00000364. The van der Waals surface area contributed by atoms with Crippen molar-refractivity contribution < 1.29 is 9.47 Å². The normalized spacial score (nSPS) is 11.0. The molecular weight excluding hydrogens is 523 g/mol. The molecular formula is C19H28BrIN4O2. The van der Waals surface area contributed by atoms with Gasteiger partial charge in [-0.1, -0.05) is 0 Å². The van der Waals surface area contributed by atoms with Gasteiger partial charge in [-0.2, -0.15) is 0 Å². The molecule has 0 aliphatic heterocycles. The monoisotopic (exact) mass is 550 g/mol. The zero-order valence-corrected chi connectivity index (χ0v) is 20.4. The van der Waals surface area contributed by atoms with Crippen molar-refractivity contribution in [3.8, 4) is 11.5 Å². The first kappa shape index (κ1) is 23.6. The summed E-state index contributed by atoms with van der Waals surface area (Å²) in [4.78, 5) is 6.89. The average Bonchev–Trinajstić information content (AvgIpc) is 3.02. The smallest absolute Gasteiger partial charge is 0.194 e. The van der Waals surface area contributed by atoms with E-state index < -0.39 is 0 Å². The maximum Gasteiger partial charge on any atom is 0.194 e. The van der Waals surface area contributed by atoms with Crippen LogP contribution in [0.5, 0.6) is 11.5 Å². The molecule has 0 spiro atoms. The second-order valence-corrected chi connectivity index (χ2v) is 6.80. The number of nitrogens with zero attached hydrogens (tertiary/aromatic N) is 3. The minimum atomic E-state index is 0. The van der Waals surface area contributed by atoms with Crippen LogP contribution in [-0.4, -0.2) is 43.2 Å². The van der Waals surface area contributed by atoms with Crippen LogP contribution in [0.3, 0.4) is 0 Å². The van der Waals surface area contributed by atoms with E-state index in [9.17, 15) is 0 Å². The lowest BCUT2D eigenvalue weighted by atomic mass is 10.2. The highest BCUT2D eigenvalue weighted by atomic mass is 127. The zero-order chi connectivity index (χ0) is 19.1. The van der Waals surface area contributed by atoms with Gasteiger partial charge < -0.3 is 24.3 Å². The topological polar surface area (TPSA) is 51.0 Å². The van der Waals surface area contributed by atoms with Gasteiger partial charge in [0.1, 0.15) is 0 Å². The van der Waals surface area contributed by atoms with E-state index in [1.807, 2.05) is 38.5 Å². The van der Waals surface area contributed by atoms with Crippen molar-refractivity contribution in [2.45, 2.75) is 20.0 Å². The summed E-state index contributed by atoms with van der Waals surface area (Å²) >= 11 is 3.53. The van der Waals surface area contributed by atoms with Gasteiger partial charge in [0, 0.05) is 32.5 Å². The highest BCUT2D eigenvalue weighted by Gasteiger charge is 2.12. The first-order valence-electron chi connectivity index (χ1n) is 8.50. The van der Waals surface area contributed by atoms with Crippen LogP contribution in [0.4, 0.5) is 0 Å². The number of aliphatic imine (C=N–C) groups is 1. The average molecular weight is 551 g/mol. The summed E-state index contributed by atoms with van der Waals surface area (Å²) in [7, 11) is 7.35. The summed E-state index contributed by atoms with van der Waals surface area (Å²) in [6.45, 7) is 4.20. The zero-order valence-electron chi connectivity index (χ0n) is 16.5. The van der Waals surface area contributed by atoms with Crippen molar-refractivity contribution in [2.24, 2.45) is 12.0 Å². The van der Waals surface area contributed by atoms with Crippen LogP contribution in [0.25, 0.3) is 0 Å². The molecule has 0 amide bonds. The first-order valence-corrected chi connectivity index (χ1v) is 9.29. The maximum absolute atomic E-state index is 5.41. The Morgan fingerprint density at radius 1 is 1.30 bits per heavy atom. The molecule has 1 heterocycles. The maximum atomic E-state index is 5.41. The van der Waals surface area contributed by atoms with Crippen molar-refractivity contribution in [2.75, 3.05) is 27.8 Å². The van der Waals surface area contributed by atoms with Crippen LogP contribution in [0.2, 0.25) is 0 Å². The standard InChI is InChI=1S/C19H27BrN4O2.HI/c1-6-21-19(24(3)13-15-8-7-9-23(15)2)22-12-14-10-16(20)18(26-5)17(11-14)25-4;/h7-11H,6,12-13H2,1-5H3,(H,21,22);1H. The van der Waals surface area contributed by atoms with E-state index in [-0.39, 0.29) is 24.0 Å². The van der Waals surface area contributed by atoms with Gasteiger partial charge in [-0.15, -0.1) is 24.0 Å². The van der Waals surface area contributed by atoms with Gasteiger partial charge >= 0.3 is 0 Å². The summed E-state index contributed by atoms with van der Waals surface area (Å²) in [6, 6.07) is 8.12. The number of guanidine groups is 1. The Labute approximate surface area is 187 Å². The van der Waals surface area contributed by atoms with Crippen LogP contribution in [0, 0.1) is 0 Å². The van der Waals surface area contributed by atoms with Gasteiger partial charge in [-0.05, 0) is 52.7 Å². The number of halogens is 2. The minimum absolute atomic E-state index is 0. The Morgan fingerprint density at radius 2 is 2.04 bits per heavy atom. The molecule has 0 aliphatic rings.